The van der Waals surface area contributed by atoms with Gasteiger partial charge in [0, 0.05) is 35.9 Å². The summed E-state index contributed by atoms with van der Waals surface area (Å²) in [5, 5.41) is 4.49. The summed E-state index contributed by atoms with van der Waals surface area (Å²) < 4.78 is 48.7. The summed E-state index contributed by atoms with van der Waals surface area (Å²) in [6, 6.07) is 0.509. The predicted octanol–water partition coefficient (Wildman–Crippen LogP) is 4.88. The molecule has 0 N–H and O–H groups in total. The van der Waals surface area contributed by atoms with Crippen molar-refractivity contribution in [2.45, 2.75) is 81.5 Å². The third kappa shape index (κ3) is 2.96. The van der Waals surface area contributed by atoms with Crippen LogP contribution in [0.1, 0.15) is 85.8 Å². The normalized spacial score (nSPS) is 32.9. The van der Waals surface area contributed by atoms with Gasteiger partial charge in [-0.25, -0.2) is 19.9 Å². The van der Waals surface area contributed by atoms with Crippen LogP contribution in [0.25, 0.3) is 11.2 Å². The molecule has 4 heterocycles. The average Bonchev–Trinajstić information content (AvgIpc) is 3.47. The van der Waals surface area contributed by atoms with Gasteiger partial charge in [0.25, 0.3) is 0 Å². The highest BCUT2D eigenvalue weighted by Crippen LogP contribution is 2.78. The number of aryl methyl sites for hydroxylation is 1. The van der Waals surface area contributed by atoms with E-state index < -0.39 is 17.0 Å². The molecular formula is C24H25F3N6O. The van der Waals surface area contributed by atoms with E-state index in [1.165, 1.54) is 12.8 Å². The van der Waals surface area contributed by atoms with E-state index in [1.54, 1.807) is 6.20 Å². The van der Waals surface area contributed by atoms with E-state index in [9.17, 15) is 13.2 Å². The highest BCUT2D eigenvalue weighted by Gasteiger charge is 2.79. The van der Waals surface area contributed by atoms with Crippen molar-refractivity contribution >= 4 is 11.2 Å². The summed E-state index contributed by atoms with van der Waals surface area (Å²) in [5.74, 6) is 0.688. The zero-order chi connectivity index (χ0) is 23.3. The summed E-state index contributed by atoms with van der Waals surface area (Å²) in [6.07, 6.45) is 5.39. The summed E-state index contributed by atoms with van der Waals surface area (Å²) in [7, 11) is 0. The summed E-state index contributed by atoms with van der Waals surface area (Å²) in [6.45, 7) is 2.41. The molecule has 7 nitrogen and oxygen atoms in total. The molecule has 0 amide bonds. The van der Waals surface area contributed by atoms with Crippen molar-refractivity contribution in [3.63, 3.8) is 0 Å². The molecule has 0 aromatic carbocycles. The van der Waals surface area contributed by atoms with Crippen LogP contribution in [0.3, 0.4) is 0 Å². The monoisotopic (exact) mass is 470 g/mol. The van der Waals surface area contributed by atoms with Gasteiger partial charge < -0.3 is 4.74 Å². The molecule has 4 saturated carbocycles. The first kappa shape index (κ1) is 20.7. The van der Waals surface area contributed by atoms with Gasteiger partial charge >= 0.3 is 6.18 Å². The lowest BCUT2D eigenvalue weighted by Crippen LogP contribution is -2.70. The number of fused-ring (bicyclic) bond motifs is 1. The van der Waals surface area contributed by atoms with Crippen molar-refractivity contribution in [1.82, 2.24) is 29.7 Å². The van der Waals surface area contributed by atoms with E-state index >= 15 is 0 Å². The van der Waals surface area contributed by atoms with Crippen LogP contribution in [-0.4, -0.2) is 42.5 Å². The Morgan fingerprint density at radius 3 is 2.59 bits per heavy atom. The largest absolute Gasteiger partial charge is 0.394 e. The number of aromatic nitrogens is 6. The van der Waals surface area contributed by atoms with E-state index in [0.29, 0.717) is 41.8 Å². The quantitative estimate of drug-likeness (QED) is 0.541. The molecule has 34 heavy (non-hydrogen) atoms. The molecule has 10 heteroatoms. The topological polar surface area (TPSA) is 78.6 Å². The summed E-state index contributed by atoms with van der Waals surface area (Å²) in [5.41, 5.74) is 1.34. The lowest BCUT2D eigenvalue weighted by Gasteiger charge is -2.70. The minimum absolute atomic E-state index is 0.0393. The Balaban J connectivity index is 1.22. The molecule has 1 aliphatic heterocycles. The van der Waals surface area contributed by atoms with E-state index in [2.05, 4.69) is 21.3 Å². The third-order valence-corrected chi connectivity index (χ3v) is 8.24. The number of alkyl halides is 3. The fourth-order valence-electron chi connectivity index (χ4n) is 6.22. The van der Waals surface area contributed by atoms with Crippen molar-refractivity contribution in [2.75, 3.05) is 6.61 Å². The first-order valence-corrected chi connectivity index (χ1v) is 12.0. The van der Waals surface area contributed by atoms with Gasteiger partial charge in [-0.3, -0.25) is 4.68 Å². The molecule has 3 aromatic rings. The van der Waals surface area contributed by atoms with Gasteiger partial charge in [0.05, 0.1) is 35.1 Å². The third-order valence-electron chi connectivity index (χ3n) is 8.24. The molecular weight excluding hydrogens is 445 g/mol. The van der Waals surface area contributed by atoms with E-state index in [0.717, 1.165) is 17.7 Å². The molecule has 5 fully saturated rings. The number of hydrogen-bond acceptors (Lipinski definition) is 6. The zero-order valence-corrected chi connectivity index (χ0v) is 18.8. The van der Waals surface area contributed by atoms with Crippen molar-refractivity contribution < 1.29 is 17.9 Å². The summed E-state index contributed by atoms with van der Waals surface area (Å²) in [4.78, 5) is 18.8. The van der Waals surface area contributed by atoms with E-state index in [4.69, 9.17) is 14.7 Å². The second-order valence-electron chi connectivity index (χ2n) is 10.8. The lowest BCUT2D eigenvalue weighted by molar-refractivity contribution is -0.337. The van der Waals surface area contributed by atoms with Crippen LogP contribution in [0, 0.1) is 12.3 Å². The highest BCUT2D eigenvalue weighted by molar-refractivity contribution is 5.75. The maximum atomic E-state index is 13.5. The standard InChI is InChI=1S/C24H25F3N6O/c1-13-7-28-18-19(22-10-23(11-22,12-22)24(25,26)27)31-20(32-21(18)30-13)14-4-5-34-17(6-14)15-8-29-33(9-15)16-2-3-16/h7-9,14,16-17H,2-6,10-12H2,1H3. The molecule has 2 bridgehead atoms. The molecule has 5 aliphatic rings. The minimum atomic E-state index is -4.17. The molecule has 2 unspecified atom stereocenters. The van der Waals surface area contributed by atoms with Gasteiger partial charge in [0.2, 0.25) is 0 Å². The predicted molar refractivity (Wildman–Crippen MR) is 115 cm³/mol. The Kier molecular flexibility index (Phi) is 4.11. The molecule has 178 valence electrons. The number of ether oxygens (including phenoxy) is 1. The number of rotatable bonds is 4. The minimum Gasteiger partial charge on any atom is -0.373 e. The molecule has 4 aliphatic carbocycles. The molecule has 3 aromatic heterocycles. The SMILES string of the molecule is Cc1cnc2c(C34CC(C(F)(F)F)(C3)C4)nc(C3CCOC(c4cnn(C5CC5)c4)C3)nc2n1. The number of hydrogen-bond donors (Lipinski definition) is 0. The van der Waals surface area contributed by atoms with Crippen LogP contribution in [0.5, 0.6) is 0 Å². The van der Waals surface area contributed by atoms with Crippen molar-refractivity contribution in [3.8, 4) is 0 Å². The second-order valence-corrected chi connectivity index (χ2v) is 10.8. The average molecular weight is 470 g/mol. The van der Waals surface area contributed by atoms with Crippen LogP contribution < -0.4 is 0 Å². The van der Waals surface area contributed by atoms with Crippen LogP contribution in [0.4, 0.5) is 13.2 Å². The maximum Gasteiger partial charge on any atom is 0.394 e. The Morgan fingerprint density at radius 1 is 1.06 bits per heavy atom. The van der Waals surface area contributed by atoms with E-state index in [-0.39, 0.29) is 31.3 Å². The molecule has 8 rings (SSSR count). The highest BCUT2D eigenvalue weighted by atomic mass is 19.4. The van der Waals surface area contributed by atoms with E-state index in [1.807, 2.05) is 17.8 Å². The fraction of sp³-hybridized carbons (Fsp3) is 0.625. The van der Waals surface area contributed by atoms with Gasteiger partial charge in [0.1, 0.15) is 11.3 Å². The van der Waals surface area contributed by atoms with Crippen LogP contribution >= 0.6 is 0 Å². The van der Waals surface area contributed by atoms with Crippen LogP contribution in [0.2, 0.25) is 0 Å². The van der Waals surface area contributed by atoms with Gasteiger partial charge in [-0.05, 0) is 51.9 Å². The Bertz CT molecular complexity index is 1280. The van der Waals surface area contributed by atoms with Crippen LogP contribution in [-0.2, 0) is 10.2 Å². The second kappa shape index (κ2) is 6.74. The van der Waals surface area contributed by atoms with Gasteiger partial charge in [-0.15, -0.1) is 0 Å². The zero-order valence-electron chi connectivity index (χ0n) is 18.8. The molecule has 2 atom stereocenters. The van der Waals surface area contributed by atoms with Gasteiger partial charge in [-0.2, -0.15) is 18.3 Å². The Morgan fingerprint density at radius 2 is 1.85 bits per heavy atom. The maximum absolute atomic E-state index is 13.5. The first-order valence-electron chi connectivity index (χ1n) is 12.0. The Labute approximate surface area is 194 Å². The van der Waals surface area contributed by atoms with Gasteiger partial charge in [-0.1, -0.05) is 0 Å². The molecule has 0 spiro atoms. The molecule has 1 saturated heterocycles. The van der Waals surface area contributed by atoms with Crippen molar-refractivity contribution in [3.05, 3.63) is 41.4 Å². The smallest absolute Gasteiger partial charge is 0.373 e. The van der Waals surface area contributed by atoms with Crippen LogP contribution in [0.15, 0.2) is 18.6 Å². The summed E-state index contributed by atoms with van der Waals surface area (Å²) >= 11 is 0. The molecule has 0 radical (unpaired) electrons. The fourth-order valence-corrected chi connectivity index (χ4v) is 6.22. The Hall–Kier alpha value is -2.62. The number of halogens is 3. The van der Waals surface area contributed by atoms with Crippen molar-refractivity contribution in [2.24, 2.45) is 5.41 Å². The lowest BCUT2D eigenvalue weighted by atomic mass is 9.34. The number of nitrogens with zero attached hydrogens (tertiary/aromatic N) is 6. The first-order chi connectivity index (χ1) is 16.3. The van der Waals surface area contributed by atoms with Gasteiger partial charge in [0.15, 0.2) is 5.65 Å². The van der Waals surface area contributed by atoms with Crippen molar-refractivity contribution in [1.29, 1.82) is 0 Å².